The Labute approximate surface area is 118 Å². The van der Waals surface area contributed by atoms with E-state index in [1.807, 2.05) is 31.3 Å². The zero-order valence-corrected chi connectivity index (χ0v) is 12.2. The Morgan fingerprint density at radius 3 is 2.94 bits per heavy atom. The molecule has 2 rings (SSSR count). The number of nitrogens with zero attached hydrogens (tertiary/aromatic N) is 2. The topological polar surface area (TPSA) is 27.6 Å². The van der Waals surface area contributed by atoms with E-state index in [-0.39, 0.29) is 24.0 Å². The fraction of sp³-hybridized carbons (Fsp3) is 0.364. The molecule has 0 aromatic heterocycles. The van der Waals surface area contributed by atoms with Gasteiger partial charge in [-0.15, -0.1) is 24.0 Å². The summed E-state index contributed by atoms with van der Waals surface area (Å²) in [5.41, 5.74) is 1.17. The molecule has 0 radical (unpaired) electrons. The van der Waals surface area contributed by atoms with Gasteiger partial charge in [0.2, 0.25) is 0 Å². The van der Waals surface area contributed by atoms with Crippen LogP contribution in [0, 0.1) is 0 Å². The highest BCUT2D eigenvalue weighted by atomic mass is 127. The Kier molecular flexibility index (Phi) is 5.34. The van der Waals surface area contributed by atoms with E-state index >= 15 is 0 Å². The first-order chi connectivity index (χ1) is 7.25. The van der Waals surface area contributed by atoms with Crippen LogP contribution < -0.4 is 5.32 Å². The molecule has 0 atom stereocenters. The normalized spacial score (nSPS) is 14.4. The fourth-order valence-electron chi connectivity index (χ4n) is 1.55. The smallest absolute Gasteiger partial charge is 0.194 e. The van der Waals surface area contributed by atoms with E-state index in [0.717, 1.165) is 30.6 Å². The van der Waals surface area contributed by atoms with E-state index in [1.165, 1.54) is 5.56 Å². The van der Waals surface area contributed by atoms with Crippen molar-refractivity contribution in [2.24, 2.45) is 4.99 Å². The van der Waals surface area contributed by atoms with Crippen LogP contribution in [-0.4, -0.2) is 31.0 Å². The Balaban J connectivity index is 0.00000128. The quantitative estimate of drug-likeness (QED) is 0.828. The number of likely N-dealkylation sites (N-methyl/N-ethyl adjacent to an activating group) is 1. The van der Waals surface area contributed by atoms with Gasteiger partial charge in [0.15, 0.2) is 5.96 Å². The molecule has 3 nitrogen and oxygen atoms in total. The second-order valence-corrected chi connectivity index (χ2v) is 4.05. The number of nitrogens with one attached hydrogen (secondary N) is 1. The van der Waals surface area contributed by atoms with E-state index in [4.69, 9.17) is 11.6 Å². The molecule has 1 aromatic carbocycles. The number of hydrogen-bond donors (Lipinski definition) is 1. The van der Waals surface area contributed by atoms with Crippen LogP contribution in [-0.2, 0) is 6.54 Å². The predicted octanol–water partition coefficient (Wildman–Crippen LogP) is 2.35. The van der Waals surface area contributed by atoms with Crippen LogP contribution in [0.3, 0.4) is 0 Å². The number of halogens is 2. The minimum Gasteiger partial charge on any atom is -0.352 e. The van der Waals surface area contributed by atoms with Gasteiger partial charge in [-0.05, 0) is 17.7 Å². The Morgan fingerprint density at radius 2 is 2.31 bits per heavy atom. The van der Waals surface area contributed by atoms with Gasteiger partial charge in [-0.3, -0.25) is 4.99 Å². The van der Waals surface area contributed by atoms with Crippen molar-refractivity contribution in [1.29, 1.82) is 0 Å². The SMILES string of the molecule is CN1CCN=C1NCc1cccc(Cl)c1.I. The van der Waals surface area contributed by atoms with Gasteiger partial charge in [0.25, 0.3) is 0 Å². The summed E-state index contributed by atoms with van der Waals surface area (Å²) < 4.78 is 0. The molecule has 16 heavy (non-hydrogen) atoms. The van der Waals surface area contributed by atoms with Crippen LogP contribution in [0.1, 0.15) is 5.56 Å². The van der Waals surface area contributed by atoms with E-state index in [0.29, 0.717) is 0 Å². The van der Waals surface area contributed by atoms with E-state index in [1.54, 1.807) is 0 Å². The molecule has 0 spiro atoms. The number of rotatable bonds is 2. The largest absolute Gasteiger partial charge is 0.352 e. The fourth-order valence-corrected chi connectivity index (χ4v) is 1.76. The van der Waals surface area contributed by atoms with Crippen molar-refractivity contribution in [3.63, 3.8) is 0 Å². The molecule has 1 N–H and O–H groups in total. The maximum atomic E-state index is 5.90. The highest BCUT2D eigenvalue weighted by molar-refractivity contribution is 14.0. The molecule has 1 heterocycles. The molecular weight excluding hydrogens is 336 g/mol. The summed E-state index contributed by atoms with van der Waals surface area (Å²) in [6.45, 7) is 2.65. The van der Waals surface area contributed by atoms with E-state index in [9.17, 15) is 0 Å². The lowest BCUT2D eigenvalue weighted by atomic mass is 10.2. The molecule has 1 aromatic rings. The van der Waals surface area contributed by atoms with Crippen LogP contribution in [0.25, 0.3) is 0 Å². The van der Waals surface area contributed by atoms with Gasteiger partial charge in [-0.2, -0.15) is 0 Å². The molecule has 1 aliphatic heterocycles. The van der Waals surface area contributed by atoms with Crippen LogP contribution in [0.5, 0.6) is 0 Å². The first-order valence-corrected chi connectivity index (χ1v) is 5.37. The van der Waals surface area contributed by atoms with Crippen molar-refractivity contribution in [3.8, 4) is 0 Å². The minimum absolute atomic E-state index is 0. The van der Waals surface area contributed by atoms with Gasteiger partial charge in [0, 0.05) is 25.2 Å². The van der Waals surface area contributed by atoms with Gasteiger partial charge in [0.05, 0.1) is 6.54 Å². The molecule has 5 heteroatoms. The molecule has 1 aliphatic rings. The Hall–Kier alpha value is -0.490. The van der Waals surface area contributed by atoms with Crippen LogP contribution >= 0.6 is 35.6 Å². The second kappa shape index (κ2) is 6.30. The average Bonchev–Trinajstić information content (AvgIpc) is 2.61. The molecule has 0 saturated heterocycles. The molecule has 0 unspecified atom stereocenters. The summed E-state index contributed by atoms with van der Waals surface area (Å²) in [5.74, 6) is 0.968. The zero-order chi connectivity index (χ0) is 10.7. The average molecular weight is 352 g/mol. The maximum Gasteiger partial charge on any atom is 0.194 e. The van der Waals surface area contributed by atoms with Gasteiger partial charge < -0.3 is 10.2 Å². The van der Waals surface area contributed by atoms with Gasteiger partial charge >= 0.3 is 0 Å². The summed E-state index contributed by atoms with van der Waals surface area (Å²) in [6.07, 6.45) is 0. The third-order valence-electron chi connectivity index (χ3n) is 2.40. The van der Waals surface area contributed by atoms with E-state index in [2.05, 4.69) is 15.2 Å². The third kappa shape index (κ3) is 3.52. The summed E-state index contributed by atoms with van der Waals surface area (Å²) in [4.78, 5) is 6.47. The third-order valence-corrected chi connectivity index (χ3v) is 2.63. The monoisotopic (exact) mass is 351 g/mol. The summed E-state index contributed by atoms with van der Waals surface area (Å²) in [7, 11) is 2.04. The van der Waals surface area contributed by atoms with Crippen LogP contribution in [0.15, 0.2) is 29.3 Å². The number of benzene rings is 1. The van der Waals surface area contributed by atoms with Crippen molar-refractivity contribution in [1.82, 2.24) is 10.2 Å². The highest BCUT2D eigenvalue weighted by Gasteiger charge is 2.10. The summed E-state index contributed by atoms with van der Waals surface area (Å²) >= 11 is 5.90. The number of hydrogen-bond acceptors (Lipinski definition) is 3. The van der Waals surface area contributed by atoms with Crippen molar-refractivity contribution in [2.45, 2.75) is 6.54 Å². The lowest BCUT2D eigenvalue weighted by molar-refractivity contribution is 0.534. The first kappa shape index (κ1) is 13.6. The number of aliphatic imine (C=N–C) groups is 1. The molecule has 0 saturated carbocycles. The molecule has 0 bridgehead atoms. The van der Waals surface area contributed by atoms with E-state index < -0.39 is 0 Å². The molecule has 0 fully saturated rings. The molecular formula is C11H15ClIN3. The predicted molar refractivity (Wildman–Crippen MR) is 78.6 cm³/mol. The highest BCUT2D eigenvalue weighted by Crippen LogP contribution is 2.10. The van der Waals surface area contributed by atoms with Crippen molar-refractivity contribution >= 4 is 41.5 Å². The summed E-state index contributed by atoms with van der Waals surface area (Å²) in [5, 5.41) is 4.07. The van der Waals surface area contributed by atoms with Crippen LogP contribution in [0.4, 0.5) is 0 Å². The standard InChI is InChI=1S/C11H14ClN3.HI/c1-15-6-5-13-11(15)14-8-9-3-2-4-10(12)7-9;/h2-4,7H,5-6,8H2,1H3,(H,13,14);1H. The van der Waals surface area contributed by atoms with Gasteiger partial charge in [-0.25, -0.2) is 0 Å². The van der Waals surface area contributed by atoms with Gasteiger partial charge in [-0.1, -0.05) is 23.7 Å². The minimum atomic E-state index is 0. The first-order valence-electron chi connectivity index (χ1n) is 4.99. The molecule has 0 amide bonds. The molecule has 0 aliphatic carbocycles. The van der Waals surface area contributed by atoms with Crippen molar-refractivity contribution in [3.05, 3.63) is 34.9 Å². The maximum absolute atomic E-state index is 5.90. The zero-order valence-electron chi connectivity index (χ0n) is 9.11. The van der Waals surface area contributed by atoms with Crippen molar-refractivity contribution in [2.75, 3.05) is 20.1 Å². The van der Waals surface area contributed by atoms with Crippen molar-refractivity contribution < 1.29 is 0 Å². The Morgan fingerprint density at radius 1 is 1.50 bits per heavy atom. The number of guanidine groups is 1. The summed E-state index contributed by atoms with van der Waals surface area (Å²) in [6, 6.07) is 7.85. The van der Waals surface area contributed by atoms with Crippen LogP contribution in [0.2, 0.25) is 5.02 Å². The lowest BCUT2D eigenvalue weighted by Crippen LogP contribution is -2.35. The van der Waals surface area contributed by atoms with Gasteiger partial charge in [0.1, 0.15) is 0 Å². The second-order valence-electron chi connectivity index (χ2n) is 3.61. The molecule has 88 valence electrons. The lowest BCUT2D eigenvalue weighted by Gasteiger charge is -2.15. The Bertz CT molecular complexity index is 381.